The lowest BCUT2D eigenvalue weighted by molar-refractivity contribution is -0.0563. The molecule has 0 amide bonds. The van der Waals surface area contributed by atoms with E-state index in [1.807, 2.05) is 12.1 Å². The molecule has 0 spiro atoms. The zero-order chi connectivity index (χ0) is 16.5. The molecule has 0 aliphatic heterocycles. The Morgan fingerprint density at radius 1 is 1.39 bits per heavy atom. The molecule has 124 valence electrons. The molecular weight excluding hydrogens is 284 g/mol. The van der Waals surface area contributed by atoms with E-state index in [0.29, 0.717) is 0 Å². The summed E-state index contributed by atoms with van der Waals surface area (Å²) in [6.45, 7) is 5.95. The minimum Gasteiger partial charge on any atom is -0.497 e. The van der Waals surface area contributed by atoms with Gasteiger partial charge in [-0.15, -0.1) is 6.58 Å². The maximum absolute atomic E-state index is 11.9. The van der Waals surface area contributed by atoms with Gasteiger partial charge in [0.05, 0.1) is 7.11 Å². The molecule has 2 aliphatic carbocycles. The maximum Gasteiger partial charge on any atom is 0.119 e. The third-order valence-corrected chi connectivity index (χ3v) is 5.94. The van der Waals surface area contributed by atoms with Crippen molar-refractivity contribution in [2.75, 3.05) is 7.11 Å². The first kappa shape index (κ1) is 16.3. The first-order chi connectivity index (χ1) is 11.1. The van der Waals surface area contributed by atoms with E-state index < -0.39 is 5.60 Å². The summed E-state index contributed by atoms with van der Waals surface area (Å²) in [6.07, 6.45) is 11.6. The summed E-state index contributed by atoms with van der Waals surface area (Å²) in [7, 11) is 1.70. The van der Waals surface area contributed by atoms with Crippen LogP contribution in [0, 0.1) is 5.41 Å². The Morgan fingerprint density at radius 3 is 2.96 bits per heavy atom. The zero-order valence-corrected chi connectivity index (χ0v) is 14.4. The van der Waals surface area contributed by atoms with Crippen LogP contribution in [-0.4, -0.2) is 12.2 Å². The van der Waals surface area contributed by atoms with Crippen LogP contribution in [0.25, 0.3) is 0 Å². The monoisotopic (exact) mass is 312 g/mol. The number of ether oxygens (including phenoxy) is 1. The summed E-state index contributed by atoms with van der Waals surface area (Å²) >= 11 is 0. The molecule has 1 N–H and O–H groups in total. The average molecular weight is 312 g/mol. The molecule has 0 fully saturated rings. The van der Waals surface area contributed by atoms with Gasteiger partial charge in [0.2, 0.25) is 0 Å². The topological polar surface area (TPSA) is 29.5 Å². The second-order valence-corrected chi connectivity index (χ2v) is 7.15. The van der Waals surface area contributed by atoms with Crippen molar-refractivity contribution in [3.05, 3.63) is 53.6 Å². The van der Waals surface area contributed by atoms with Crippen molar-refractivity contribution in [3.8, 4) is 5.75 Å². The number of unbranched alkanes of at least 4 members (excludes halogenated alkanes) is 1. The minimum absolute atomic E-state index is 0.0816. The maximum atomic E-state index is 11.9. The van der Waals surface area contributed by atoms with Crippen LogP contribution in [-0.2, 0) is 12.0 Å². The Bertz CT molecular complexity index is 631. The largest absolute Gasteiger partial charge is 0.497 e. The molecule has 0 radical (unpaired) electrons. The Morgan fingerprint density at radius 2 is 2.22 bits per heavy atom. The lowest BCUT2D eigenvalue weighted by Gasteiger charge is -2.43. The van der Waals surface area contributed by atoms with Crippen LogP contribution in [0.1, 0.15) is 56.6 Å². The summed E-state index contributed by atoms with van der Waals surface area (Å²) in [4.78, 5) is 0. The number of hydrogen-bond acceptors (Lipinski definition) is 2. The van der Waals surface area contributed by atoms with Crippen LogP contribution in [0.2, 0.25) is 0 Å². The van der Waals surface area contributed by atoms with Crippen molar-refractivity contribution in [2.45, 2.75) is 57.5 Å². The van der Waals surface area contributed by atoms with Crippen molar-refractivity contribution in [1.82, 2.24) is 0 Å². The summed E-state index contributed by atoms with van der Waals surface area (Å²) in [5, 5.41) is 11.9. The molecule has 2 atom stereocenters. The molecule has 0 unspecified atom stereocenters. The summed E-state index contributed by atoms with van der Waals surface area (Å²) in [5.41, 5.74) is 2.55. The van der Waals surface area contributed by atoms with E-state index in [9.17, 15) is 5.11 Å². The van der Waals surface area contributed by atoms with Gasteiger partial charge in [0.25, 0.3) is 0 Å². The molecule has 0 bridgehead atoms. The van der Waals surface area contributed by atoms with E-state index in [4.69, 9.17) is 4.74 Å². The second-order valence-electron chi connectivity index (χ2n) is 7.15. The van der Waals surface area contributed by atoms with Crippen molar-refractivity contribution in [2.24, 2.45) is 5.41 Å². The molecule has 2 nitrogen and oxygen atoms in total. The van der Waals surface area contributed by atoms with Gasteiger partial charge in [-0.25, -0.2) is 0 Å². The summed E-state index contributed by atoms with van der Waals surface area (Å²) < 4.78 is 5.40. The average Bonchev–Trinajstić information content (AvgIpc) is 2.74. The molecule has 1 aromatic carbocycles. The van der Waals surface area contributed by atoms with Crippen LogP contribution in [0.15, 0.2) is 42.5 Å². The predicted molar refractivity (Wildman–Crippen MR) is 94.7 cm³/mol. The van der Waals surface area contributed by atoms with E-state index in [0.717, 1.165) is 61.8 Å². The van der Waals surface area contributed by atoms with Crippen LogP contribution < -0.4 is 4.74 Å². The molecule has 0 aromatic heterocycles. The fraction of sp³-hybridized carbons (Fsp3) is 0.524. The van der Waals surface area contributed by atoms with Gasteiger partial charge < -0.3 is 9.84 Å². The van der Waals surface area contributed by atoms with E-state index in [1.54, 1.807) is 7.11 Å². The standard InChI is InChI=1S/C21H28O2/c1-4-5-7-12-20-13-8-6-9-16(2)21(20,22)19-11-10-18(23-3)14-17(19)15-20/h4,9-11,14,22H,1,5-8,12-13,15H2,2-3H3/t20-,21-/m0/s1. The highest BCUT2D eigenvalue weighted by molar-refractivity contribution is 5.50. The van der Waals surface area contributed by atoms with E-state index in [2.05, 4.69) is 31.7 Å². The Balaban J connectivity index is 2.09. The smallest absolute Gasteiger partial charge is 0.119 e. The van der Waals surface area contributed by atoms with Crippen molar-refractivity contribution in [1.29, 1.82) is 0 Å². The van der Waals surface area contributed by atoms with E-state index >= 15 is 0 Å². The first-order valence-electron chi connectivity index (χ1n) is 8.75. The summed E-state index contributed by atoms with van der Waals surface area (Å²) in [5.74, 6) is 0.881. The third kappa shape index (κ3) is 2.44. The van der Waals surface area contributed by atoms with Crippen molar-refractivity contribution in [3.63, 3.8) is 0 Å². The van der Waals surface area contributed by atoms with Crippen LogP contribution >= 0.6 is 0 Å². The van der Waals surface area contributed by atoms with Crippen molar-refractivity contribution < 1.29 is 9.84 Å². The highest BCUT2D eigenvalue weighted by atomic mass is 16.5. The van der Waals surface area contributed by atoms with E-state index in [1.165, 1.54) is 5.56 Å². The Hall–Kier alpha value is -1.54. The second kappa shape index (κ2) is 6.16. The van der Waals surface area contributed by atoms with Gasteiger partial charge in [0.15, 0.2) is 0 Å². The predicted octanol–water partition coefficient (Wildman–Crippen LogP) is 4.91. The van der Waals surface area contributed by atoms with Gasteiger partial charge in [-0.3, -0.25) is 0 Å². The van der Waals surface area contributed by atoms with E-state index in [-0.39, 0.29) is 5.41 Å². The third-order valence-electron chi connectivity index (χ3n) is 5.94. The number of benzene rings is 1. The van der Waals surface area contributed by atoms with Gasteiger partial charge in [0.1, 0.15) is 11.4 Å². The minimum atomic E-state index is -0.827. The molecule has 2 heteroatoms. The van der Waals surface area contributed by atoms with Gasteiger partial charge in [-0.05, 0) is 80.7 Å². The highest BCUT2D eigenvalue weighted by Gasteiger charge is 2.57. The van der Waals surface area contributed by atoms with Crippen molar-refractivity contribution >= 4 is 0 Å². The summed E-state index contributed by atoms with van der Waals surface area (Å²) in [6, 6.07) is 6.17. The van der Waals surface area contributed by atoms with Gasteiger partial charge in [-0.1, -0.05) is 18.2 Å². The lowest BCUT2D eigenvalue weighted by atomic mass is 9.65. The van der Waals surface area contributed by atoms with Gasteiger partial charge >= 0.3 is 0 Å². The Labute approximate surface area is 139 Å². The molecule has 2 aliphatic rings. The Kier molecular flexibility index (Phi) is 4.37. The molecule has 0 saturated heterocycles. The number of rotatable bonds is 5. The quantitative estimate of drug-likeness (QED) is 0.618. The van der Waals surface area contributed by atoms with Crippen LogP contribution in [0.5, 0.6) is 5.75 Å². The molecular formula is C21H28O2. The normalized spacial score (nSPS) is 29.3. The fourth-order valence-corrected chi connectivity index (χ4v) is 4.76. The zero-order valence-electron chi connectivity index (χ0n) is 14.4. The van der Waals surface area contributed by atoms with Gasteiger partial charge in [0, 0.05) is 5.41 Å². The van der Waals surface area contributed by atoms with Crippen LogP contribution in [0.3, 0.4) is 0 Å². The fourth-order valence-electron chi connectivity index (χ4n) is 4.76. The molecule has 23 heavy (non-hydrogen) atoms. The number of aliphatic hydroxyl groups is 1. The van der Waals surface area contributed by atoms with Gasteiger partial charge in [-0.2, -0.15) is 0 Å². The van der Waals surface area contributed by atoms with Crippen LogP contribution in [0.4, 0.5) is 0 Å². The lowest BCUT2D eigenvalue weighted by Crippen LogP contribution is -2.43. The SMILES string of the molecule is C=CCCC[C@@]12CCCC=C(C)[C@]1(O)c1ccc(OC)cc1C2. The number of allylic oxidation sites excluding steroid dienone is 2. The number of hydrogen-bond donors (Lipinski definition) is 1. The number of fused-ring (bicyclic) bond motifs is 3. The molecule has 0 saturated carbocycles. The number of methoxy groups -OCH3 is 1. The molecule has 3 rings (SSSR count). The molecule has 1 aromatic rings. The highest BCUT2D eigenvalue weighted by Crippen LogP contribution is 2.60. The first-order valence-corrected chi connectivity index (χ1v) is 8.75. The molecule has 0 heterocycles.